The zero-order chi connectivity index (χ0) is 18.5. The largest absolute Gasteiger partial charge is 0.450 e. The van der Waals surface area contributed by atoms with E-state index < -0.39 is 6.04 Å². The topological polar surface area (TPSA) is 76.3 Å². The van der Waals surface area contributed by atoms with Gasteiger partial charge in [0.1, 0.15) is 11.1 Å². The summed E-state index contributed by atoms with van der Waals surface area (Å²) in [5, 5.41) is 8.80. The average Bonchev–Trinajstić information content (AvgIpc) is 3.30. The molecule has 0 unspecified atom stereocenters. The zero-order valence-electron chi connectivity index (χ0n) is 14.2. The van der Waals surface area contributed by atoms with E-state index in [0.29, 0.717) is 21.7 Å². The van der Waals surface area contributed by atoms with Crippen LogP contribution in [0.1, 0.15) is 33.3 Å². The van der Waals surface area contributed by atoms with Crippen LogP contribution in [0.2, 0.25) is 0 Å². The van der Waals surface area contributed by atoms with E-state index in [-0.39, 0.29) is 17.1 Å². The van der Waals surface area contributed by atoms with Crippen LogP contribution in [0.3, 0.4) is 0 Å². The van der Waals surface area contributed by atoms with Gasteiger partial charge >= 0.3 is 0 Å². The lowest BCUT2D eigenvalue weighted by atomic mass is 9.98. The predicted molar refractivity (Wildman–Crippen MR) is 102 cm³/mol. The van der Waals surface area contributed by atoms with E-state index in [1.165, 1.54) is 16.2 Å². The second kappa shape index (κ2) is 5.85. The van der Waals surface area contributed by atoms with Crippen molar-refractivity contribution < 1.29 is 9.21 Å². The van der Waals surface area contributed by atoms with Gasteiger partial charge in [0, 0.05) is 0 Å². The molecular formula is C20H13N3O3S. The van der Waals surface area contributed by atoms with E-state index in [1.807, 2.05) is 43.3 Å². The maximum absolute atomic E-state index is 13.3. The molecule has 1 atom stereocenters. The first-order valence-electron chi connectivity index (χ1n) is 8.37. The molecule has 2 aromatic heterocycles. The molecule has 6 nitrogen and oxygen atoms in total. The molecule has 3 heterocycles. The van der Waals surface area contributed by atoms with E-state index in [2.05, 4.69) is 10.2 Å². The number of rotatable bonds is 2. The fraction of sp³-hybridized carbons (Fsp3) is 0.100. The van der Waals surface area contributed by atoms with E-state index in [4.69, 9.17) is 4.42 Å². The third-order valence-electron chi connectivity index (χ3n) is 4.70. The summed E-state index contributed by atoms with van der Waals surface area (Å²) in [6.07, 6.45) is 0. The molecule has 4 aromatic rings. The molecule has 1 aliphatic rings. The molecule has 0 bridgehead atoms. The van der Waals surface area contributed by atoms with E-state index >= 15 is 0 Å². The van der Waals surface area contributed by atoms with Gasteiger partial charge in [-0.15, -0.1) is 10.2 Å². The van der Waals surface area contributed by atoms with Crippen molar-refractivity contribution in [1.82, 2.24) is 10.2 Å². The molecule has 0 spiro atoms. The van der Waals surface area contributed by atoms with Crippen LogP contribution in [0.15, 0.2) is 63.3 Å². The van der Waals surface area contributed by atoms with Crippen molar-refractivity contribution in [2.24, 2.45) is 0 Å². The molecule has 0 aliphatic carbocycles. The molecule has 5 rings (SSSR count). The Kier molecular flexibility index (Phi) is 3.45. The number of benzene rings is 2. The number of aromatic nitrogens is 2. The first kappa shape index (κ1) is 15.9. The number of hydrogen-bond donors (Lipinski definition) is 0. The third-order valence-corrected chi connectivity index (χ3v) is 5.38. The van der Waals surface area contributed by atoms with Crippen molar-refractivity contribution in [1.29, 1.82) is 0 Å². The van der Waals surface area contributed by atoms with Gasteiger partial charge in [-0.3, -0.25) is 14.5 Å². The zero-order valence-corrected chi connectivity index (χ0v) is 15.1. The molecular weight excluding hydrogens is 362 g/mol. The van der Waals surface area contributed by atoms with Gasteiger partial charge in [-0.25, -0.2) is 0 Å². The highest BCUT2D eigenvalue weighted by atomic mass is 32.1. The van der Waals surface area contributed by atoms with Crippen molar-refractivity contribution >= 4 is 33.3 Å². The smallest absolute Gasteiger partial charge is 0.297 e. The Hall–Kier alpha value is -3.32. The van der Waals surface area contributed by atoms with Gasteiger partial charge in [0.05, 0.1) is 17.0 Å². The Morgan fingerprint density at radius 2 is 1.93 bits per heavy atom. The summed E-state index contributed by atoms with van der Waals surface area (Å²) in [7, 11) is 0. The summed E-state index contributed by atoms with van der Waals surface area (Å²) < 4.78 is 5.90. The molecule has 132 valence electrons. The summed E-state index contributed by atoms with van der Waals surface area (Å²) >= 11 is 1.24. The van der Waals surface area contributed by atoms with Crippen molar-refractivity contribution in [3.05, 3.63) is 86.7 Å². The van der Waals surface area contributed by atoms with Gasteiger partial charge in [0.15, 0.2) is 5.43 Å². The van der Waals surface area contributed by atoms with Crippen molar-refractivity contribution in [2.75, 3.05) is 4.90 Å². The van der Waals surface area contributed by atoms with Gasteiger partial charge < -0.3 is 4.42 Å². The monoisotopic (exact) mass is 375 g/mol. The number of anilines is 1. The maximum Gasteiger partial charge on any atom is 0.297 e. The highest BCUT2D eigenvalue weighted by Crippen LogP contribution is 2.41. The lowest BCUT2D eigenvalue weighted by molar-refractivity contribution is 0.0970. The minimum Gasteiger partial charge on any atom is -0.450 e. The fourth-order valence-corrected chi connectivity index (χ4v) is 4.09. The van der Waals surface area contributed by atoms with E-state index in [9.17, 15) is 9.59 Å². The molecule has 0 saturated heterocycles. The van der Waals surface area contributed by atoms with Gasteiger partial charge in [-0.05, 0) is 24.6 Å². The highest BCUT2D eigenvalue weighted by Gasteiger charge is 2.44. The van der Waals surface area contributed by atoms with Crippen LogP contribution in [0.4, 0.5) is 5.13 Å². The average molecular weight is 375 g/mol. The molecule has 0 fully saturated rings. The summed E-state index contributed by atoms with van der Waals surface area (Å²) in [4.78, 5) is 28.0. The Morgan fingerprint density at radius 3 is 2.67 bits per heavy atom. The van der Waals surface area contributed by atoms with Crippen LogP contribution in [0, 0.1) is 6.92 Å². The Balaban J connectivity index is 1.85. The quantitative estimate of drug-likeness (QED) is 0.534. The van der Waals surface area contributed by atoms with Crippen LogP contribution < -0.4 is 10.3 Å². The van der Waals surface area contributed by atoms with Crippen molar-refractivity contribution in [3.63, 3.8) is 0 Å². The normalized spacial score (nSPS) is 16.1. The van der Waals surface area contributed by atoms with Crippen LogP contribution in [-0.2, 0) is 0 Å². The van der Waals surface area contributed by atoms with Gasteiger partial charge in [-0.1, -0.05) is 53.3 Å². The maximum atomic E-state index is 13.3. The molecule has 1 aliphatic heterocycles. The lowest BCUT2D eigenvalue weighted by Crippen LogP contribution is -2.29. The highest BCUT2D eigenvalue weighted by molar-refractivity contribution is 7.13. The van der Waals surface area contributed by atoms with E-state index in [0.717, 1.165) is 11.1 Å². The summed E-state index contributed by atoms with van der Waals surface area (Å²) in [5.41, 5.74) is 3.89. The van der Waals surface area contributed by atoms with Gasteiger partial charge in [-0.2, -0.15) is 0 Å². The van der Waals surface area contributed by atoms with Crippen LogP contribution >= 0.6 is 11.3 Å². The van der Waals surface area contributed by atoms with Crippen molar-refractivity contribution in [2.45, 2.75) is 13.0 Å². The standard InChI is InChI=1S/C20H13N3O3S/c1-11-7-8-14-13(9-11)17(24)15-16(12-5-3-2-4-6-12)23(19(25)18(15)26-14)20-22-21-10-27-20/h2-10,16H,1H3/t16-/m0/s1. The predicted octanol–water partition coefficient (Wildman–Crippen LogP) is 3.70. The van der Waals surface area contributed by atoms with Crippen LogP contribution in [0.5, 0.6) is 0 Å². The Bertz CT molecular complexity index is 1230. The van der Waals surface area contributed by atoms with E-state index in [1.54, 1.807) is 17.6 Å². The third kappa shape index (κ3) is 2.32. The molecule has 1 amide bonds. The Morgan fingerprint density at radius 1 is 1.11 bits per heavy atom. The fourth-order valence-electron chi connectivity index (χ4n) is 3.51. The van der Waals surface area contributed by atoms with Crippen LogP contribution in [0.25, 0.3) is 11.0 Å². The SMILES string of the molecule is Cc1ccc2oc3c(c(=O)c2c1)[C@H](c1ccccc1)N(c1nncs1)C3=O. The van der Waals surface area contributed by atoms with Gasteiger partial charge in [0.25, 0.3) is 5.91 Å². The molecule has 0 saturated carbocycles. The first-order chi connectivity index (χ1) is 13.1. The molecule has 0 radical (unpaired) electrons. The second-order valence-electron chi connectivity index (χ2n) is 6.38. The van der Waals surface area contributed by atoms with Gasteiger partial charge in [0.2, 0.25) is 10.9 Å². The number of carbonyl (C=O) groups excluding carboxylic acids is 1. The number of hydrogen-bond acceptors (Lipinski definition) is 6. The Labute approximate surface area is 157 Å². The van der Waals surface area contributed by atoms with Crippen LogP contribution in [-0.4, -0.2) is 16.1 Å². The minimum atomic E-state index is -0.595. The summed E-state index contributed by atoms with van der Waals surface area (Å²) in [5.74, 6) is -0.310. The van der Waals surface area contributed by atoms with Crippen molar-refractivity contribution in [3.8, 4) is 0 Å². The lowest BCUT2D eigenvalue weighted by Gasteiger charge is -2.21. The number of nitrogens with zero attached hydrogens (tertiary/aromatic N) is 3. The minimum absolute atomic E-state index is 0.0698. The number of carbonyl (C=O) groups is 1. The summed E-state index contributed by atoms with van der Waals surface area (Å²) in [6, 6.07) is 14.2. The number of aryl methyl sites for hydroxylation is 1. The summed E-state index contributed by atoms with van der Waals surface area (Å²) in [6.45, 7) is 1.92. The molecule has 7 heteroatoms. The molecule has 2 aromatic carbocycles. The molecule has 27 heavy (non-hydrogen) atoms. The first-order valence-corrected chi connectivity index (χ1v) is 9.25. The number of fused-ring (bicyclic) bond motifs is 2. The number of amides is 1. The molecule has 0 N–H and O–H groups in total. The second-order valence-corrected chi connectivity index (χ2v) is 7.19.